The number of nitrogens with two attached hydrogens (primary N) is 1. The van der Waals surface area contributed by atoms with Gasteiger partial charge in [-0.3, -0.25) is 19.4 Å². The molecule has 2 fully saturated rings. The predicted octanol–water partition coefficient (Wildman–Crippen LogP) is 3.44. The molecular weight excluding hydrogens is 511 g/mol. The number of hydrogen-bond acceptors (Lipinski definition) is 6. The first-order chi connectivity index (χ1) is 19.4. The van der Waals surface area contributed by atoms with Gasteiger partial charge in [0.1, 0.15) is 5.82 Å². The molecule has 2 heterocycles. The zero-order valence-corrected chi connectivity index (χ0v) is 22.2. The van der Waals surface area contributed by atoms with Gasteiger partial charge in [0, 0.05) is 67.3 Å². The fraction of sp³-hybridized carbons (Fsp3) is 0.333. The van der Waals surface area contributed by atoms with Crippen molar-refractivity contribution in [3.8, 4) is 0 Å². The van der Waals surface area contributed by atoms with Crippen molar-refractivity contribution in [3.63, 3.8) is 0 Å². The molecule has 3 amide bonds. The Bertz CT molecular complexity index is 1350. The number of carbonyl (C=O) groups is 3. The zero-order valence-electron chi connectivity index (χ0n) is 22.2. The van der Waals surface area contributed by atoms with E-state index in [1.807, 2.05) is 6.07 Å². The van der Waals surface area contributed by atoms with Crippen molar-refractivity contribution in [2.45, 2.75) is 37.8 Å². The summed E-state index contributed by atoms with van der Waals surface area (Å²) in [5.74, 6) is -1.04. The highest BCUT2D eigenvalue weighted by Crippen LogP contribution is 2.30. The van der Waals surface area contributed by atoms with Gasteiger partial charge in [-0.2, -0.15) is 0 Å². The van der Waals surface area contributed by atoms with E-state index in [0.29, 0.717) is 48.6 Å². The van der Waals surface area contributed by atoms with E-state index in [2.05, 4.69) is 20.5 Å². The molecule has 0 unspecified atom stereocenters. The Kier molecular flexibility index (Phi) is 8.35. The molecule has 0 spiro atoms. The van der Waals surface area contributed by atoms with E-state index in [0.717, 1.165) is 31.4 Å². The van der Waals surface area contributed by atoms with E-state index < -0.39 is 0 Å². The lowest BCUT2D eigenvalue weighted by Crippen LogP contribution is -2.49. The van der Waals surface area contributed by atoms with Crippen molar-refractivity contribution in [1.82, 2.24) is 15.2 Å². The summed E-state index contributed by atoms with van der Waals surface area (Å²) in [6.45, 7) is 1.97. The molecule has 0 atom stereocenters. The number of carbonyl (C=O) groups excluding carboxylic acids is 3. The largest absolute Gasteiger partial charge is 0.366 e. The van der Waals surface area contributed by atoms with Crippen LogP contribution in [0, 0.1) is 5.82 Å². The van der Waals surface area contributed by atoms with Crippen LogP contribution in [0.3, 0.4) is 0 Å². The smallest absolute Gasteiger partial charge is 0.255 e. The van der Waals surface area contributed by atoms with Gasteiger partial charge in [0.2, 0.25) is 0 Å². The summed E-state index contributed by atoms with van der Waals surface area (Å²) in [4.78, 5) is 46.9. The fourth-order valence-corrected chi connectivity index (χ4v) is 5.21. The maximum absolute atomic E-state index is 13.3. The number of nitrogens with one attached hydrogen (secondary N) is 2. The standard InChI is InChI=1S/C30H33FN6O3/c31-23-4-1-21(2-5-23)30(40)37-17-15-36(16-18-37)27-10-3-22(29(39)34-25-8-6-24(32)7-9-25)19-26(27)35-28(38)20-11-13-33-14-12-20/h1-5,10-14,19,24-25H,6-9,15-18,32H2,(H,34,39)(H,35,38). The molecule has 208 valence electrons. The van der Waals surface area contributed by atoms with Crippen LogP contribution in [0.15, 0.2) is 67.0 Å². The Morgan fingerprint density at radius 3 is 2.12 bits per heavy atom. The number of anilines is 2. The van der Waals surface area contributed by atoms with Gasteiger partial charge in [0.05, 0.1) is 11.4 Å². The summed E-state index contributed by atoms with van der Waals surface area (Å²) >= 11 is 0. The molecule has 1 aliphatic carbocycles. The summed E-state index contributed by atoms with van der Waals surface area (Å²) in [5.41, 5.74) is 8.62. The monoisotopic (exact) mass is 544 g/mol. The van der Waals surface area contributed by atoms with Crippen LogP contribution in [0.4, 0.5) is 15.8 Å². The number of piperazine rings is 1. The molecule has 0 bridgehead atoms. The molecule has 1 aromatic heterocycles. The van der Waals surface area contributed by atoms with Gasteiger partial charge in [-0.1, -0.05) is 0 Å². The summed E-state index contributed by atoms with van der Waals surface area (Å²) in [6, 6.07) is 14.4. The van der Waals surface area contributed by atoms with Gasteiger partial charge in [0.25, 0.3) is 17.7 Å². The van der Waals surface area contributed by atoms with Crippen molar-refractivity contribution >= 4 is 29.1 Å². The third-order valence-electron chi connectivity index (χ3n) is 7.56. The molecular formula is C30H33FN6O3. The molecule has 2 aliphatic rings. The summed E-state index contributed by atoms with van der Waals surface area (Å²) in [7, 11) is 0. The zero-order chi connectivity index (χ0) is 28.1. The van der Waals surface area contributed by atoms with Gasteiger partial charge >= 0.3 is 0 Å². The van der Waals surface area contributed by atoms with E-state index >= 15 is 0 Å². The predicted molar refractivity (Wildman–Crippen MR) is 151 cm³/mol. The number of halogens is 1. The molecule has 1 saturated carbocycles. The van der Waals surface area contributed by atoms with Crippen molar-refractivity contribution in [2.24, 2.45) is 5.73 Å². The average molecular weight is 545 g/mol. The van der Waals surface area contributed by atoms with Gasteiger partial charge in [-0.15, -0.1) is 0 Å². The van der Waals surface area contributed by atoms with Gasteiger partial charge < -0.3 is 26.2 Å². The van der Waals surface area contributed by atoms with Crippen molar-refractivity contribution in [2.75, 3.05) is 36.4 Å². The first-order valence-electron chi connectivity index (χ1n) is 13.6. The molecule has 9 nitrogen and oxygen atoms in total. The number of rotatable bonds is 6. The normalized spacial score (nSPS) is 19.1. The van der Waals surface area contributed by atoms with Crippen LogP contribution >= 0.6 is 0 Å². The molecule has 2 aromatic carbocycles. The van der Waals surface area contributed by atoms with E-state index in [-0.39, 0.29) is 35.6 Å². The van der Waals surface area contributed by atoms with Crippen LogP contribution < -0.4 is 21.3 Å². The minimum absolute atomic E-state index is 0.0774. The van der Waals surface area contributed by atoms with Crippen LogP contribution in [-0.2, 0) is 0 Å². The first-order valence-corrected chi connectivity index (χ1v) is 13.6. The number of hydrogen-bond donors (Lipinski definition) is 3. The Balaban J connectivity index is 1.32. The first kappa shape index (κ1) is 27.3. The number of nitrogens with zero attached hydrogens (tertiary/aromatic N) is 3. The molecule has 1 saturated heterocycles. The topological polar surface area (TPSA) is 121 Å². The molecule has 1 aliphatic heterocycles. The van der Waals surface area contributed by atoms with E-state index in [1.165, 1.54) is 24.3 Å². The highest BCUT2D eigenvalue weighted by atomic mass is 19.1. The van der Waals surface area contributed by atoms with Gasteiger partial charge in [0.15, 0.2) is 0 Å². The van der Waals surface area contributed by atoms with Crippen LogP contribution in [0.1, 0.15) is 56.8 Å². The minimum atomic E-state index is -0.386. The average Bonchev–Trinajstić information content (AvgIpc) is 2.99. The second kappa shape index (κ2) is 12.3. The van der Waals surface area contributed by atoms with Crippen LogP contribution in [-0.4, -0.2) is 65.9 Å². The second-order valence-electron chi connectivity index (χ2n) is 10.3. The third-order valence-corrected chi connectivity index (χ3v) is 7.56. The SMILES string of the molecule is NC1CCC(NC(=O)c2ccc(N3CCN(C(=O)c4ccc(F)cc4)CC3)c(NC(=O)c3ccncc3)c2)CC1. The van der Waals surface area contributed by atoms with E-state index in [1.54, 1.807) is 41.6 Å². The molecule has 10 heteroatoms. The fourth-order valence-electron chi connectivity index (χ4n) is 5.21. The van der Waals surface area contributed by atoms with E-state index in [4.69, 9.17) is 5.73 Å². The summed E-state index contributed by atoms with van der Waals surface area (Å²) < 4.78 is 13.3. The Hall–Kier alpha value is -4.31. The molecule has 5 rings (SSSR count). The van der Waals surface area contributed by atoms with Crippen molar-refractivity contribution in [1.29, 1.82) is 0 Å². The molecule has 3 aromatic rings. The van der Waals surface area contributed by atoms with Crippen molar-refractivity contribution in [3.05, 3.63) is 89.5 Å². The van der Waals surface area contributed by atoms with Crippen LogP contribution in [0.25, 0.3) is 0 Å². The van der Waals surface area contributed by atoms with Gasteiger partial charge in [-0.25, -0.2) is 4.39 Å². The number of pyridine rings is 1. The highest BCUT2D eigenvalue weighted by Gasteiger charge is 2.26. The van der Waals surface area contributed by atoms with E-state index in [9.17, 15) is 18.8 Å². The lowest BCUT2D eigenvalue weighted by Gasteiger charge is -2.37. The number of amides is 3. The third kappa shape index (κ3) is 6.45. The highest BCUT2D eigenvalue weighted by molar-refractivity contribution is 6.07. The van der Waals surface area contributed by atoms with Crippen molar-refractivity contribution < 1.29 is 18.8 Å². The molecule has 40 heavy (non-hydrogen) atoms. The Labute approximate surface area is 232 Å². The Morgan fingerprint density at radius 2 is 1.45 bits per heavy atom. The maximum Gasteiger partial charge on any atom is 0.255 e. The number of aromatic nitrogens is 1. The number of benzene rings is 2. The quantitative estimate of drug-likeness (QED) is 0.437. The van der Waals surface area contributed by atoms with Gasteiger partial charge in [-0.05, 0) is 80.3 Å². The minimum Gasteiger partial charge on any atom is -0.366 e. The maximum atomic E-state index is 13.3. The second-order valence-corrected chi connectivity index (χ2v) is 10.3. The van der Waals surface area contributed by atoms with Crippen LogP contribution in [0.2, 0.25) is 0 Å². The Morgan fingerprint density at radius 1 is 0.800 bits per heavy atom. The summed E-state index contributed by atoms with van der Waals surface area (Å²) in [5, 5.41) is 6.08. The summed E-state index contributed by atoms with van der Waals surface area (Å²) in [6.07, 6.45) is 6.55. The molecule has 0 radical (unpaired) electrons. The lowest BCUT2D eigenvalue weighted by molar-refractivity contribution is 0.0746. The van der Waals surface area contributed by atoms with Crippen LogP contribution in [0.5, 0.6) is 0 Å². The molecule has 4 N–H and O–H groups in total. The lowest BCUT2D eigenvalue weighted by atomic mass is 9.91.